The van der Waals surface area contributed by atoms with E-state index in [1.54, 1.807) is 18.2 Å². The molecule has 0 spiro atoms. The Bertz CT molecular complexity index is 1110. The lowest BCUT2D eigenvalue weighted by Crippen LogP contribution is -2.34. The largest absolute Gasteiger partial charge is 0.497 e. The minimum atomic E-state index is -0.527. The molecule has 1 aliphatic heterocycles. The van der Waals surface area contributed by atoms with Crippen molar-refractivity contribution in [1.29, 1.82) is 0 Å². The van der Waals surface area contributed by atoms with Gasteiger partial charge in [0.2, 0.25) is 0 Å². The molecule has 2 aromatic carbocycles. The number of methoxy groups -OCH3 is 2. The zero-order valence-corrected chi connectivity index (χ0v) is 19.5. The Balaban J connectivity index is 2.00. The first kappa shape index (κ1) is 24.7. The fourth-order valence-corrected chi connectivity index (χ4v) is 3.50. The average Bonchev–Trinajstić information content (AvgIpc) is 3.05. The van der Waals surface area contributed by atoms with E-state index in [0.717, 1.165) is 4.90 Å². The first-order chi connectivity index (χ1) is 16.3. The highest BCUT2D eigenvalue weighted by Gasteiger charge is 2.39. The van der Waals surface area contributed by atoms with Crippen molar-refractivity contribution in [2.75, 3.05) is 32.7 Å². The van der Waals surface area contributed by atoms with E-state index in [1.807, 2.05) is 13.8 Å². The highest BCUT2D eigenvalue weighted by Crippen LogP contribution is 2.35. The monoisotopic (exact) mass is 469 g/mol. The number of nitrogens with zero attached hydrogens (tertiary/aromatic N) is 2. The molecule has 0 aliphatic carbocycles. The number of nitrogens with one attached hydrogen (secondary N) is 1. The van der Waals surface area contributed by atoms with Crippen LogP contribution in [0.25, 0.3) is 5.57 Å². The molecule has 1 aliphatic rings. The van der Waals surface area contributed by atoms with Gasteiger partial charge < -0.3 is 19.5 Å². The fraction of sp³-hybridized carbons (Fsp3) is 0.333. The van der Waals surface area contributed by atoms with E-state index >= 15 is 0 Å². The molecule has 0 atom stereocenters. The van der Waals surface area contributed by atoms with Crippen LogP contribution >= 0.6 is 0 Å². The molecule has 0 radical (unpaired) electrons. The van der Waals surface area contributed by atoms with E-state index in [-0.39, 0.29) is 29.6 Å². The van der Waals surface area contributed by atoms with Crippen molar-refractivity contribution in [2.45, 2.75) is 26.4 Å². The molecule has 10 nitrogen and oxygen atoms in total. The summed E-state index contributed by atoms with van der Waals surface area (Å²) >= 11 is 0. The van der Waals surface area contributed by atoms with E-state index < -0.39 is 16.7 Å². The third kappa shape index (κ3) is 5.34. The standard InChI is InChI=1S/C24H27N3O7/c1-15(2)34-13-5-12-26-23(28)21(16-6-8-17(9-7-16)27(30)31)22(24(26)29)25-19-14-18(32-3)10-11-20(19)33-4/h6-11,14-15,25H,5,12-13H2,1-4H3. The molecule has 2 amide bonds. The summed E-state index contributed by atoms with van der Waals surface area (Å²) in [7, 11) is 3.00. The Morgan fingerprint density at radius 3 is 2.32 bits per heavy atom. The van der Waals surface area contributed by atoms with Crippen molar-refractivity contribution in [3.05, 3.63) is 63.8 Å². The first-order valence-corrected chi connectivity index (χ1v) is 10.7. The number of imide groups is 1. The van der Waals surface area contributed by atoms with Gasteiger partial charge in [0.25, 0.3) is 17.5 Å². The minimum Gasteiger partial charge on any atom is -0.497 e. The van der Waals surface area contributed by atoms with Crippen molar-refractivity contribution in [3.8, 4) is 11.5 Å². The number of hydrogen-bond donors (Lipinski definition) is 1. The summed E-state index contributed by atoms with van der Waals surface area (Å²) in [5.41, 5.74) is 0.870. The van der Waals surface area contributed by atoms with Crippen molar-refractivity contribution in [2.24, 2.45) is 0 Å². The number of non-ortho nitro benzene ring substituents is 1. The summed E-state index contributed by atoms with van der Waals surface area (Å²) in [5.74, 6) is -0.0267. The van der Waals surface area contributed by atoms with Crippen LogP contribution in [-0.4, -0.2) is 55.1 Å². The van der Waals surface area contributed by atoms with Crippen LogP contribution in [-0.2, 0) is 14.3 Å². The Morgan fingerprint density at radius 2 is 1.74 bits per heavy atom. The predicted molar refractivity (Wildman–Crippen MR) is 126 cm³/mol. The van der Waals surface area contributed by atoms with E-state index in [0.29, 0.717) is 35.8 Å². The first-order valence-electron chi connectivity index (χ1n) is 10.7. The van der Waals surface area contributed by atoms with Gasteiger partial charge in [-0.2, -0.15) is 0 Å². The lowest BCUT2D eigenvalue weighted by Gasteiger charge is -2.16. The average molecular weight is 469 g/mol. The van der Waals surface area contributed by atoms with E-state index in [1.165, 1.54) is 38.5 Å². The van der Waals surface area contributed by atoms with Crippen LogP contribution in [0, 0.1) is 10.1 Å². The molecule has 180 valence electrons. The smallest absolute Gasteiger partial charge is 0.278 e. The van der Waals surface area contributed by atoms with Crippen LogP contribution in [0.2, 0.25) is 0 Å². The number of carbonyl (C=O) groups excluding carboxylic acids is 2. The van der Waals surface area contributed by atoms with Gasteiger partial charge in [0, 0.05) is 31.4 Å². The molecular weight excluding hydrogens is 442 g/mol. The zero-order chi connectivity index (χ0) is 24.8. The normalized spacial score (nSPS) is 13.6. The summed E-state index contributed by atoms with van der Waals surface area (Å²) in [4.78, 5) is 38.3. The summed E-state index contributed by atoms with van der Waals surface area (Å²) in [6, 6.07) is 10.5. The lowest BCUT2D eigenvalue weighted by atomic mass is 10.0. The molecule has 2 aromatic rings. The molecule has 3 rings (SSSR count). The molecule has 34 heavy (non-hydrogen) atoms. The number of benzene rings is 2. The molecule has 0 saturated heterocycles. The number of carbonyl (C=O) groups is 2. The molecule has 1 N–H and O–H groups in total. The number of rotatable bonds is 11. The maximum atomic E-state index is 13.3. The number of nitro benzene ring substituents is 1. The second-order valence-electron chi connectivity index (χ2n) is 7.78. The fourth-order valence-electron chi connectivity index (χ4n) is 3.50. The topological polar surface area (TPSA) is 120 Å². The van der Waals surface area contributed by atoms with Crippen LogP contribution in [0.1, 0.15) is 25.8 Å². The third-order valence-corrected chi connectivity index (χ3v) is 5.18. The molecule has 0 aromatic heterocycles. The third-order valence-electron chi connectivity index (χ3n) is 5.18. The Morgan fingerprint density at radius 1 is 1.03 bits per heavy atom. The summed E-state index contributed by atoms with van der Waals surface area (Å²) in [5, 5.41) is 14.1. The Kier molecular flexibility index (Phi) is 7.85. The van der Waals surface area contributed by atoms with Gasteiger partial charge in [-0.25, -0.2) is 0 Å². The van der Waals surface area contributed by atoms with Gasteiger partial charge in [0.15, 0.2) is 0 Å². The Hall–Kier alpha value is -3.92. The van der Waals surface area contributed by atoms with Crippen molar-refractivity contribution in [1.82, 2.24) is 4.90 Å². The minimum absolute atomic E-state index is 0.0385. The van der Waals surface area contributed by atoms with Gasteiger partial charge in [-0.1, -0.05) is 0 Å². The van der Waals surface area contributed by atoms with Crippen LogP contribution in [0.15, 0.2) is 48.2 Å². The molecule has 0 fully saturated rings. The van der Waals surface area contributed by atoms with Crippen LogP contribution in [0.3, 0.4) is 0 Å². The van der Waals surface area contributed by atoms with E-state index in [2.05, 4.69) is 5.32 Å². The quantitative estimate of drug-likeness (QED) is 0.229. The Labute approximate surface area is 197 Å². The summed E-state index contributed by atoms with van der Waals surface area (Å²) < 4.78 is 16.2. The zero-order valence-electron chi connectivity index (χ0n) is 19.5. The number of amides is 2. The number of ether oxygens (including phenoxy) is 3. The predicted octanol–water partition coefficient (Wildman–Crippen LogP) is 3.62. The molecular formula is C24H27N3O7. The summed E-state index contributed by atoms with van der Waals surface area (Å²) in [6.45, 7) is 4.38. The number of anilines is 1. The van der Waals surface area contributed by atoms with Gasteiger partial charge in [-0.15, -0.1) is 0 Å². The lowest BCUT2D eigenvalue weighted by molar-refractivity contribution is -0.384. The molecule has 0 unspecified atom stereocenters. The SMILES string of the molecule is COc1ccc(OC)c(NC2=C(c3ccc([N+](=O)[O-])cc3)C(=O)N(CCCOC(C)C)C2=O)c1. The second kappa shape index (κ2) is 10.8. The van der Waals surface area contributed by atoms with E-state index in [9.17, 15) is 19.7 Å². The maximum Gasteiger partial charge on any atom is 0.278 e. The highest BCUT2D eigenvalue weighted by molar-refractivity contribution is 6.36. The van der Waals surface area contributed by atoms with Crippen LogP contribution in [0.4, 0.5) is 11.4 Å². The van der Waals surface area contributed by atoms with Crippen molar-refractivity contribution < 1.29 is 28.7 Å². The van der Waals surface area contributed by atoms with Gasteiger partial charge in [0.1, 0.15) is 17.2 Å². The molecule has 0 bridgehead atoms. The molecule has 0 saturated carbocycles. The maximum absolute atomic E-state index is 13.3. The van der Waals surface area contributed by atoms with Gasteiger partial charge in [-0.3, -0.25) is 24.6 Å². The van der Waals surface area contributed by atoms with Gasteiger partial charge in [-0.05, 0) is 50.1 Å². The number of hydrogen-bond acceptors (Lipinski definition) is 8. The molecule has 1 heterocycles. The van der Waals surface area contributed by atoms with Crippen molar-refractivity contribution in [3.63, 3.8) is 0 Å². The number of nitro groups is 1. The van der Waals surface area contributed by atoms with Gasteiger partial charge >= 0.3 is 0 Å². The van der Waals surface area contributed by atoms with Crippen LogP contribution in [0.5, 0.6) is 11.5 Å². The molecule has 10 heteroatoms. The van der Waals surface area contributed by atoms with Crippen molar-refractivity contribution >= 4 is 28.8 Å². The second-order valence-corrected chi connectivity index (χ2v) is 7.78. The highest BCUT2D eigenvalue weighted by atomic mass is 16.6. The summed E-state index contributed by atoms with van der Waals surface area (Å²) in [6.07, 6.45) is 0.510. The van der Waals surface area contributed by atoms with Gasteiger partial charge in [0.05, 0.1) is 36.5 Å². The van der Waals surface area contributed by atoms with E-state index in [4.69, 9.17) is 14.2 Å². The van der Waals surface area contributed by atoms with Crippen LogP contribution < -0.4 is 14.8 Å².